The number of aryl methyl sites for hydroxylation is 1. The fraction of sp³-hybridized carbons (Fsp3) is 0.200. The maximum atomic E-state index is 14.5. The zero-order valence-corrected chi connectivity index (χ0v) is 14.6. The summed E-state index contributed by atoms with van der Waals surface area (Å²) in [6.07, 6.45) is 1.59. The molecule has 0 aliphatic heterocycles. The Bertz CT molecular complexity index is 1050. The Kier molecular flexibility index (Phi) is 5.12. The molecule has 0 saturated heterocycles. The first kappa shape index (κ1) is 18.8. The molecule has 0 N–H and O–H groups in total. The van der Waals surface area contributed by atoms with E-state index in [0.29, 0.717) is 29.5 Å². The summed E-state index contributed by atoms with van der Waals surface area (Å²) in [4.78, 5) is 16.2. The maximum absolute atomic E-state index is 14.5. The number of rotatable bonds is 4. The Hall–Kier alpha value is -2.96. The SMILES string of the molecule is CCOC(=O)c1cnc2c(-c3cc(F)cc(F)c3F)c(F)ccc2c1CC. The summed E-state index contributed by atoms with van der Waals surface area (Å²) in [5.41, 5.74) is -0.210. The van der Waals surface area contributed by atoms with E-state index in [2.05, 4.69) is 4.98 Å². The van der Waals surface area contributed by atoms with Gasteiger partial charge >= 0.3 is 5.97 Å². The topological polar surface area (TPSA) is 39.2 Å². The largest absolute Gasteiger partial charge is 0.462 e. The molecule has 0 amide bonds. The van der Waals surface area contributed by atoms with Gasteiger partial charge in [0, 0.05) is 28.8 Å². The molecule has 0 fully saturated rings. The van der Waals surface area contributed by atoms with Gasteiger partial charge in [0.25, 0.3) is 0 Å². The molecular formula is C20H15F4NO2. The van der Waals surface area contributed by atoms with Crippen molar-refractivity contribution in [2.24, 2.45) is 0 Å². The van der Waals surface area contributed by atoms with Crippen molar-refractivity contribution in [2.75, 3.05) is 6.61 Å². The highest BCUT2D eigenvalue weighted by Crippen LogP contribution is 2.35. The number of benzene rings is 2. The minimum atomic E-state index is -1.43. The van der Waals surface area contributed by atoms with Gasteiger partial charge in [0.1, 0.15) is 11.6 Å². The van der Waals surface area contributed by atoms with Crippen LogP contribution in [0.5, 0.6) is 0 Å². The molecule has 0 saturated carbocycles. The summed E-state index contributed by atoms with van der Waals surface area (Å²) in [5, 5.41) is 0.378. The molecular weight excluding hydrogens is 362 g/mol. The summed E-state index contributed by atoms with van der Waals surface area (Å²) in [6, 6.07) is 3.54. The van der Waals surface area contributed by atoms with Crippen LogP contribution >= 0.6 is 0 Å². The molecule has 0 atom stereocenters. The zero-order chi connectivity index (χ0) is 19.7. The van der Waals surface area contributed by atoms with Crippen LogP contribution in [-0.2, 0) is 11.2 Å². The Morgan fingerprint density at radius 2 is 1.81 bits per heavy atom. The van der Waals surface area contributed by atoms with Crippen molar-refractivity contribution in [3.05, 3.63) is 64.9 Å². The number of hydrogen-bond acceptors (Lipinski definition) is 3. The first-order valence-electron chi connectivity index (χ1n) is 8.31. The van der Waals surface area contributed by atoms with Crippen molar-refractivity contribution < 1.29 is 27.1 Å². The van der Waals surface area contributed by atoms with Crippen molar-refractivity contribution in [3.63, 3.8) is 0 Å². The number of esters is 1. The van der Waals surface area contributed by atoms with E-state index in [1.807, 2.05) is 0 Å². The second-order valence-electron chi connectivity index (χ2n) is 5.79. The van der Waals surface area contributed by atoms with Gasteiger partial charge in [-0.05, 0) is 37.1 Å². The van der Waals surface area contributed by atoms with Crippen molar-refractivity contribution >= 4 is 16.9 Å². The second-order valence-corrected chi connectivity index (χ2v) is 5.79. The van der Waals surface area contributed by atoms with Crippen LogP contribution in [0.15, 0.2) is 30.5 Å². The van der Waals surface area contributed by atoms with Gasteiger partial charge in [-0.15, -0.1) is 0 Å². The van der Waals surface area contributed by atoms with Crippen molar-refractivity contribution in [2.45, 2.75) is 20.3 Å². The number of pyridine rings is 1. The van der Waals surface area contributed by atoms with Gasteiger partial charge in [0.05, 0.1) is 17.7 Å². The summed E-state index contributed by atoms with van der Waals surface area (Å²) in [5.74, 6) is -5.32. The first-order chi connectivity index (χ1) is 12.9. The molecule has 140 valence electrons. The van der Waals surface area contributed by atoms with Gasteiger partial charge in [0.15, 0.2) is 11.6 Å². The highest BCUT2D eigenvalue weighted by atomic mass is 19.2. The molecule has 27 heavy (non-hydrogen) atoms. The van der Waals surface area contributed by atoms with Crippen LogP contribution in [0.1, 0.15) is 29.8 Å². The first-order valence-corrected chi connectivity index (χ1v) is 8.31. The average molecular weight is 377 g/mol. The van der Waals surface area contributed by atoms with Crippen LogP contribution in [-0.4, -0.2) is 17.6 Å². The highest BCUT2D eigenvalue weighted by molar-refractivity contribution is 6.01. The average Bonchev–Trinajstić information content (AvgIpc) is 2.64. The van der Waals surface area contributed by atoms with Gasteiger partial charge in [-0.3, -0.25) is 4.98 Å². The molecule has 1 aromatic heterocycles. The van der Waals surface area contributed by atoms with E-state index in [-0.39, 0.29) is 23.3 Å². The highest BCUT2D eigenvalue weighted by Gasteiger charge is 2.22. The van der Waals surface area contributed by atoms with Crippen LogP contribution in [0.4, 0.5) is 17.6 Å². The van der Waals surface area contributed by atoms with Gasteiger partial charge in [0.2, 0.25) is 0 Å². The number of aromatic nitrogens is 1. The Morgan fingerprint density at radius 3 is 2.48 bits per heavy atom. The van der Waals surface area contributed by atoms with Gasteiger partial charge < -0.3 is 4.74 Å². The molecule has 3 aromatic rings. The summed E-state index contributed by atoms with van der Waals surface area (Å²) in [7, 11) is 0. The van der Waals surface area contributed by atoms with E-state index in [0.717, 1.165) is 6.07 Å². The number of fused-ring (bicyclic) bond motifs is 1. The molecule has 3 nitrogen and oxygen atoms in total. The molecule has 3 rings (SSSR count). The fourth-order valence-corrected chi connectivity index (χ4v) is 3.06. The molecule has 7 heteroatoms. The number of carbonyl (C=O) groups is 1. The third kappa shape index (κ3) is 3.25. The predicted octanol–water partition coefficient (Wildman–Crippen LogP) is 5.20. The summed E-state index contributed by atoms with van der Waals surface area (Å²) >= 11 is 0. The predicted molar refractivity (Wildman–Crippen MR) is 92.3 cm³/mol. The Morgan fingerprint density at radius 1 is 1.07 bits per heavy atom. The summed E-state index contributed by atoms with van der Waals surface area (Å²) < 4.78 is 61.0. The lowest BCUT2D eigenvalue weighted by Crippen LogP contribution is -2.09. The van der Waals surface area contributed by atoms with Crippen molar-refractivity contribution in [1.29, 1.82) is 0 Å². The van der Waals surface area contributed by atoms with Crippen molar-refractivity contribution in [3.8, 4) is 11.1 Å². The molecule has 2 aromatic carbocycles. The Balaban J connectivity index is 2.36. The lowest BCUT2D eigenvalue weighted by molar-refractivity contribution is 0.0525. The lowest BCUT2D eigenvalue weighted by atomic mass is 9.95. The van der Waals surface area contributed by atoms with E-state index >= 15 is 0 Å². The third-order valence-corrected chi connectivity index (χ3v) is 4.21. The van der Waals surface area contributed by atoms with Crippen LogP contribution in [0, 0.1) is 23.3 Å². The molecule has 0 unspecified atom stereocenters. The second kappa shape index (κ2) is 7.34. The molecule has 0 aliphatic carbocycles. The standard InChI is InChI=1S/C20H15F4NO2/c1-3-11-12-5-6-15(22)17(13-7-10(21)8-16(23)18(13)24)19(12)25-9-14(11)20(26)27-4-2/h5-9H,3-4H2,1-2H3. The lowest BCUT2D eigenvalue weighted by Gasteiger charge is -2.14. The van der Waals surface area contributed by atoms with E-state index in [1.165, 1.54) is 12.3 Å². The minimum Gasteiger partial charge on any atom is -0.462 e. The van der Waals surface area contributed by atoms with Crippen LogP contribution in [0.3, 0.4) is 0 Å². The molecule has 1 heterocycles. The monoisotopic (exact) mass is 377 g/mol. The van der Waals surface area contributed by atoms with Crippen molar-refractivity contribution in [1.82, 2.24) is 4.98 Å². The zero-order valence-electron chi connectivity index (χ0n) is 14.6. The maximum Gasteiger partial charge on any atom is 0.339 e. The molecule has 0 bridgehead atoms. The van der Waals surface area contributed by atoms with E-state index in [9.17, 15) is 22.4 Å². The van der Waals surface area contributed by atoms with Crippen LogP contribution < -0.4 is 0 Å². The normalized spacial score (nSPS) is 11.0. The smallest absolute Gasteiger partial charge is 0.339 e. The number of nitrogens with zero attached hydrogens (tertiary/aromatic N) is 1. The third-order valence-electron chi connectivity index (χ3n) is 4.21. The number of halogens is 4. The summed E-state index contributed by atoms with van der Waals surface area (Å²) in [6.45, 7) is 3.61. The van der Waals surface area contributed by atoms with E-state index < -0.39 is 34.8 Å². The Labute approximate surface area is 152 Å². The number of hydrogen-bond donors (Lipinski definition) is 0. The minimum absolute atomic E-state index is 0.00352. The van der Waals surface area contributed by atoms with Crippen LogP contribution in [0.25, 0.3) is 22.0 Å². The fourth-order valence-electron chi connectivity index (χ4n) is 3.06. The molecule has 0 spiro atoms. The van der Waals surface area contributed by atoms with Crippen LogP contribution in [0.2, 0.25) is 0 Å². The quantitative estimate of drug-likeness (QED) is 0.357. The van der Waals surface area contributed by atoms with Gasteiger partial charge in [-0.2, -0.15) is 0 Å². The van der Waals surface area contributed by atoms with Gasteiger partial charge in [-0.1, -0.05) is 6.92 Å². The number of carbonyl (C=O) groups excluding carboxylic acids is 1. The molecule has 0 radical (unpaired) electrons. The van der Waals surface area contributed by atoms with E-state index in [1.54, 1.807) is 13.8 Å². The number of ether oxygens (including phenoxy) is 1. The molecule has 0 aliphatic rings. The van der Waals surface area contributed by atoms with E-state index in [4.69, 9.17) is 4.74 Å². The van der Waals surface area contributed by atoms with Gasteiger partial charge in [-0.25, -0.2) is 22.4 Å².